The van der Waals surface area contributed by atoms with Crippen molar-refractivity contribution in [3.8, 4) is 0 Å². The van der Waals surface area contributed by atoms with Gasteiger partial charge in [0.25, 0.3) is 10.1 Å². The van der Waals surface area contributed by atoms with Gasteiger partial charge in [0, 0.05) is 5.02 Å². The average molecular weight is 250 g/mol. The smallest absolute Gasteiger partial charge is 0.296 e. The van der Waals surface area contributed by atoms with Crippen LogP contribution in [-0.4, -0.2) is 19.4 Å². The van der Waals surface area contributed by atoms with Crippen LogP contribution in [0.3, 0.4) is 0 Å². The molecule has 0 bridgehead atoms. The lowest BCUT2D eigenvalue weighted by atomic mass is 10.2. The summed E-state index contributed by atoms with van der Waals surface area (Å²) in [4.78, 5) is 9.84. The molecule has 1 aromatic carbocycles. The highest BCUT2D eigenvalue weighted by Crippen LogP contribution is 2.27. The first-order chi connectivity index (χ1) is 6.86. The zero-order chi connectivity index (χ0) is 11.6. The van der Waals surface area contributed by atoms with E-state index in [0.717, 1.165) is 0 Å². The van der Waals surface area contributed by atoms with Crippen molar-refractivity contribution in [3.63, 3.8) is 0 Å². The summed E-state index contributed by atoms with van der Waals surface area (Å²) in [5.41, 5.74) is 0.434. The van der Waals surface area contributed by atoms with Crippen molar-refractivity contribution in [3.05, 3.63) is 22.7 Å². The molecule has 2 N–H and O–H groups in total. The molecule has 15 heavy (non-hydrogen) atoms. The molecular formula is C8H8ClNO4S. The molecule has 1 aromatic rings. The zero-order valence-corrected chi connectivity index (χ0v) is 9.26. The van der Waals surface area contributed by atoms with Crippen molar-refractivity contribution in [2.24, 2.45) is 0 Å². The van der Waals surface area contributed by atoms with E-state index < -0.39 is 10.1 Å². The van der Waals surface area contributed by atoms with Gasteiger partial charge in [-0.2, -0.15) is 8.42 Å². The van der Waals surface area contributed by atoms with Crippen molar-refractivity contribution in [2.45, 2.75) is 11.8 Å². The van der Waals surface area contributed by atoms with Crippen LogP contribution < -0.4 is 5.32 Å². The van der Waals surface area contributed by atoms with Crippen molar-refractivity contribution < 1.29 is 17.8 Å². The maximum absolute atomic E-state index is 10.9. The number of carbonyl (C=O) groups is 1. The maximum Gasteiger partial charge on any atom is 0.296 e. The summed E-state index contributed by atoms with van der Waals surface area (Å²) in [6, 6.07) is 2.44. The number of amides is 1. The second-order valence-corrected chi connectivity index (χ2v) is 4.63. The summed E-state index contributed by atoms with van der Waals surface area (Å²) >= 11 is 5.74. The van der Waals surface area contributed by atoms with Crippen LogP contribution in [0.15, 0.2) is 17.0 Å². The van der Waals surface area contributed by atoms with E-state index in [9.17, 15) is 13.2 Å². The summed E-state index contributed by atoms with van der Waals surface area (Å²) in [6.45, 7) is 1.59. The normalized spacial score (nSPS) is 11.1. The van der Waals surface area contributed by atoms with Gasteiger partial charge in [-0.1, -0.05) is 11.6 Å². The quantitative estimate of drug-likeness (QED) is 0.628. The number of hydrogen-bond donors (Lipinski definition) is 2. The molecule has 7 heteroatoms. The van der Waals surface area contributed by atoms with Gasteiger partial charge < -0.3 is 5.32 Å². The van der Waals surface area contributed by atoms with E-state index in [1.54, 1.807) is 6.92 Å². The first kappa shape index (κ1) is 12.0. The van der Waals surface area contributed by atoms with Gasteiger partial charge in [0.1, 0.15) is 4.90 Å². The van der Waals surface area contributed by atoms with Gasteiger partial charge in [0.15, 0.2) is 0 Å². The van der Waals surface area contributed by atoms with Gasteiger partial charge in [-0.15, -0.1) is 0 Å². The highest BCUT2D eigenvalue weighted by atomic mass is 35.5. The molecule has 0 aromatic heterocycles. The van der Waals surface area contributed by atoms with E-state index >= 15 is 0 Å². The number of rotatable bonds is 3. The Kier molecular flexibility index (Phi) is 3.33. The van der Waals surface area contributed by atoms with Gasteiger partial charge in [-0.3, -0.25) is 9.35 Å². The molecule has 0 unspecified atom stereocenters. The number of benzene rings is 1. The number of aryl methyl sites for hydroxylation is 1. The Morgan fingerprint density at radius 3 is 2.53 bits per heavy atom. The van der Waals surface area contributed by atoms with Gasteiger partial charge in [-0.25, -0.2) is 0 Å². The average Bonchev–Trinajstić information content (AvgIpc) is 2.09. The fraction of sp³-hybridized carbons (Fsp3) is 0.125. The lowest BCUT2D eigenvalue weighted by Gasteiger charge is -2.08. The van der Waals surface area contributed by atoms with Crippen LogP contribution in [0.1, 0.15) is 5.56 Å². The number of anilines is 1. The van der Waals surface area contributed by atoms with E-state index in [0.29, 0.717) is 17.0 Å². The Bertz CT molecular complexity index is 498. The number of halogens is 1. The Morgan fingerprint density at radius 1 is 1.47 bits per heavy atom. The topological polar surface area (TPSA) is 83.5 Å². The van der Waals surface area contributed by atoms with Crippen LogP contribution in [0.4, 0.5) is 5.69 Å². The van der Waals surface area contributed by atoms with E-state index in [-0.39, 0.29) is 10.6 Å². The summed E-state index contributed by atoms with van der Waals surface area (Å²) in [5, 5.41) is 2.44. The second kappa shape index (κ2) is 4.18. The molecule has 1 rings (SSSR count). The number of hydrogen-bond acceptors (Lipinski definition) is 3. The molecule has 0 aliphatic heterocycles. The third-order valence-electron chi connectivity index (χ3n) is 1.75. The molecule has 0 radical (unpaired) electrons. The van der Waals surface area contributed by atoms with Crippen molar-refractivity contribution >= 4 is 33.8 Å². The fourth-order valence-electron chi connectivity index (χ4n) is 1.04. The lowest BCUT2D eigenvalue weighted by Crippen LogP contribution is -2.05. The molecular weight excluding hydrogens is 242 g/mol. The molecule has 5 nitrogen and oxygen atoms in total. The predicted molar refractivity (Wildman–Crippen MR) is 55.7 cm³/mol. The summed E-state index contributed by atoms with van der Waals surface area (Å²) in [5.74, 6) is 0. The monoisotopic (exact) mass is 249 g/mol. The van der Waals surface area contributed by atoms with Crippen LogP contribution in [-0.2, 0) is 14.9 Å². The minimum atomic E-state index is -4.37. The standard InChI is InChI=1S/C8H8ClNO4S/c1-5-2-8(15(12,13)14)7(10-4-11)3-6(5)9/h2-4H,1H3,(H,10,11)(H,12,13,14). The summed E-state index contributed by atoms with van der Waals surface area (Å²) in [7, 11) is -4.37. The molecule has 82 valence electrons. The van der Waals surface area contributed by atoms with Gasteiger partial charge >= 0.3 is 0 Å². The van der Waals surface area contributed by atoms with Gasteiger partial charge in [0.2, 0.25) is 6.41 Å². The van der Waals surface area contributed by atoms with E-state index in [1.165, 1.54) is 12.1 Å². The largest absolute Gasteiger partial charge is 0.327 e. The summed E-state index contributed by atoms with van der Waals surface area (Å²) < 4.78 is 30.8. The highest BCUT2D eigenvalue weighted by molar-refractivity contribution is 7.86. The molecule has 0 saturated carbocycles. The third kappa shape index (κ3) is 2.68. The molecule has 0 spiro atoms. The van der Waals surface area contributed by atoms with Crippen LogP contribution in [0.2, 0.25) is 5.02 Å². The van der Waals surface area contributed by atoms with Crippen molar-refractivity contribution in [1.82, 2.24) is 0 Å². The van der Waals surface area contributed by atoms with Gasteiger partial charge in [0.05, 0.1) is 5.69 Å². The van der Waals surface area contributed by atoms with Crippen molar-refractivity contribution in [2.75, 3.05) is 5.32 Å². The van der Waals surface area contributed by atoms with Crippen LogP contribution in [0.5, 0.6) is 0 Å². The van der Waals surface area contributed by atoms with E-state index in [4.69, 9.17) is 16.2 Å². The van der Waals surface area contributed by atoms with Crippen LogP contribution in [0.25, 0.3) is 0 Å². The Balaban J connectivity index is 3.48. The molecule has 0 aliphatic rings. The first-order valence-electron chi connectivity index (χ1n) is 3.84. The molecule has 0 aliphatic carbocycles. The molecule has 0 heterocycles. The molecule has 0 saturated heterocycles. The van der Waals surface area contributed by atoms with Crippen LogP contribution in [0, 0.1) is 6.92 Å². The summed E-state index contributed by atoms with van der Waals surface area (Å²) in [6.07, 6.45) is 0.301. The van der Waals surface area contributed by atoms with Crippen molar-refractivity contribution in [1.29, 1.82) is 0 Å². The SMILES string of the molecule is Cc1cc(S(=O)(=O)O)c(NC=O)cc1Cl. The molecule has 1 amide bonds. The maximum atomic E-state index is 10.9. The minimum Gasteiger partial charge on any atom is -0.327 e. The lowest BCUT2D eigenvalue weighted by molar-refractivity contribution is -0.105. The zero-order valence-electron chi connectivity index (χ0n) is 7.69. The molecule has 0 atom stereocenters. The predicted octanol–water partition coefficient (Wildman–Crippen LogP) is 1.46. The third-order valence-corrected chi connectivity index (χ3v) is 3.05. The Morgan fingerprint density at radius 2 is 2.07 bits per heavy atom. The minimum absolute atomic E-state index is 0.0527. The van der Waals surface area contributed by atoms with Crippen LogP contribution >= 0.6 is 11.6 Å². The Labute approximate surface area is 91.8 Å². The van der Waals surface area contributed by atoms with E-state index in [2.05, 4.69) is 5.32 Å². The fourth-order valence-corrected chi connectivity index (χ4v) is 1.93. The molecule has 0 fully saturated rings. The first-order valence-corrected chi connectivity index (χ1v) is 5.66. The van der Waals surface area contributed by atoms with E-state index in [1.807, 2.05) is 0 Å². The Hall–Kier alpha value is -1.11. The number of carbonyl (C=O) groups excluding carboxylic acids is 1. The number of nitrogens with one attached hydrogen (secondary N) is 1. The van der Waals surface area contributed by atoms with Gasteiger partial charge in [-0.05, 0) is 24.6 Å². The second-order valence-electron chi connectivity index (χ2n) is 2.83. The highest BCUT2D eigenvalue weighted by Gasteiger charge is 2.17.